The van der Waals surface area contributed by atoms with E-state index in [1.807, 2.05) is 36.4 Å². The third-order valence-corrected chi connectivity index (χ3v) is 5.35. The summed E-state index contributed by atoms with van der Waals surface area (Å²) in [6.07, 6.45) is 1.57. The van der Waals surface area contributed by atoms with Crippen molar-refractivity contribution >= 4 is 23.3 Å². The van der Waals surface area contributed by atoms with Gasteiger partial charge in [-0.2, -0.15) is 5.10 Å². The van der Waals surface area contributed by atoms with Crippen molar-refractivity contribution in [3.8, 4) is 11.4 Å². The maximum atomic E-state index is 12.5. The van der Waals surface area contributed by atoms with Gasteiger partial charge in [0.1, 0.15) is 23.6 Å². The summed E-state index contributed by atoms with van der Waals surface area (Å²) in [5, 5.41) is 18.3. The predicted molar refractivity (Wildman–Crippen MR) is 115 cm³/mol. The molecule has 30 heavy (non-hydrogen) atoms. The number of halogens is 1. The van der Waals surface area contributed by atoms with Crippen LogP contribution >= 0.6 is 11.6 Å². The number of amides is 2. The average Bonchev–Trinajstić information content (AvgIpc) is 3.19. The maximum Gasteiger partial charge on any atom is 0.317 e. The highest BCUT2D eigenvalue weighted by Gasteiger charge is 2.22. The molecule has 4 rings (SSSR count). The lowest BCUT2D eigenvalue weighted by molar-refractivity contribution is 0.194. The zero-order valence-electron chi connectivity index (χ0n) is 16.6. The number of benzene rings is 2. The van der Waals surface area contributed by atoms with Crippen LogP contribution in [0.4, 0.5) is 10.5 Å². The molecule has 0 saturated carbocycles. The van der Waals surface area contributed by atoms with Gasteiger partial charge in [0.25, 0.3) is 0 Å². The lowest BCUT2D eigenvalue weighted by atomic mass is 10.2. The molecule has 1 fully saturated rings. The van der Waals surface area contributed by atoms with Crippen LogP contribution in [0.5, 0.6) is 5.75 Å². The van der Waals surface area contributed by atoms with Gasteiger partial charge in [-0.15, -0.1) is 0 Å². The van der Waals surface area contributed by atoms with Crippen molar-refractivity contribution in [2.45, 2.75) is 13.5 Å². The van der Waals surface area contributed by atoms with E-state index in [9.17, 15) is 9.90 Å². The van der Waals surface area contributed by atoms with Crippen LogP contribution in [0.2, 0.25) is 5.02 Å². The summed E-state index contributed by atoms with van der Waals surface area (Å²) in [5.41, 5.74) is 2.50. The lowest BCUT2D eigenvalue weighted by Gasteiger charge is -2.36. The smallest absolute Gasteiger partial charge is 0.317 e. The Morgan fingerprint density at radius 1 is 1.13 bits per heavy atom. The first-order valence-electron chi connectivity index (χ1n) is 9.73. The number of nitrogens with one attached hydrogen (secondary N) is 1. The number of rotatable bonds is 4. The number of anilines is 1. The number of phenolic OH excluding ortho intramolecular Hbond substituents is 1. The third kappa shape index (κ3) is 4.49. The molecule has 0 atom stereocenters. The van der Waals surface area contributed by atoms with Crippen molar-refractivity contribution in [3.63, 3.8) is 0 Å². The van der Waals surface area contributed by atoms with Crippen LogP contribution in [0.15, 0.2) is 48.8 Å². The predicted octanol–water partition coefficient (Wildman–Crippen LogP) is 2.97. The van der Waals surface area contributed by atoms with Crippen LogP contribution in [0.1, 0.15) is 11.4 Å². The van der Waals surface area contributed by atoms with E-state index in [0.29, 0.717) is 49.3 Å². The topological polar surface area (TPSA) is 86.5 Å². The summed E-state index contributed by atoms with van der Waals surface area (Å²) < 4.78 is 1.55. The quantitative estimate of drug-likeness (QED) is 0.669. The van der Waals surface area contributed by atoms with E-state index < -0.39 is 0 Å². The fourth-order valence-corrected chi connectivity index (χ4v) is 3.55. The summed E-state index contributed by atoms with van der Waals surface area (Å²) >= 11 is 5.89. The Kier molecular flexibility index (Phi) is 5.76. The molecular weight excluding hydrogens is 404 g/mol. The zero-order valence-corrected chi connectivity index (χ0v) is 17.4. The highest BCUT2D eigenvalue weighted by Crippen LogP contribution is 2.27. The van der Waals surface area contributed by atoms with Gasteiger partial charge in [0.15, 0.2) is 0 Å². The van der Waals surface area contributed by atoms with Gasteiger partial charge in [-0.25, -0.2) is 14.5 Å². The Morgan fingerprint density at radius 2 is 1.87 bits per heavy atom. The zero-order chi connectivity index (χ0) is 21.1. The number of piperazine rings is 1. The van der Waals surface area contributed by atoms with Gasteiger partial charge in [0, 0.05) is 49.5 Å². The molecule has 8 nitrogen and oxygen atoms in total. The van der Waals surface area contributed by atoms with Crippen LogP contribution in [0, 0.1) is 6.92 Å². The normalized spacial score (nSPS) is 14.1. The molecule has 0 aliphatic carbocycles. The molecular formula is C21H23ClN6O2. The highest BCUT2D eigenvalue weighted by atomic mass is 35.5. The number of phenols is 1. The van der Waals surface area contributed by atoms with Gasteiger partial charge in [-0.1, -0.05) is 23.7 Å². The molecule has 3 aromatic rings. The Bertz CT molecular complexity index is 1030. The van der Waals surface area contributed by atoms with Crippen molar-refractivity contribution in [2.75, 3.05) is 31.1 Å². The van der Waals surface area contributed by atoms with Crippen molar-refractivity contribution in [3.05, 3.63) is 65.2 Å². The van der Waals surface area contributed by atoms with E-state index >= 15 is 0 Å². The monoisotopic (exact) mass is 426 g/mol. The largest absolute Gasteiger partial charge is 0.506 e. The van der Waals surface area contributed by atoms with Crippen LogP contribution in [-0.2, 0) is 6.54 Å². The Morgan fingerprint density at radius 3 is 2.50 bits per heavy atom. The molecule has 0 unspecified atom stereocenters. The Labute approximate surface area is 179 Å². The molecule has 0 spiro atoms. The Balaban J connectivity index is 1.32. The minimum Gasteiger partial charge on any atom is -0.506 e. The van der Waals surface area contributed by atoms with Gasteiger partial charge >= 0.3 is 6.03 Å². The van der Waals surface area contributed by atoms with Crippen LogP contribution in [0.25, 0.3) is 5.69 Å². The van der Waals surface area contributed by atoms with Crippen molar-refractivity contribution < 1.29 is 9.90 Å². The number of urea groups is 1. The van der Waals surface area contributed by atoms with E-state index in [1.165, 1.54) is 0 Å². The second-order valence-electron chi connectivity index (χ2n) is 7.17. The van der Waals surface area contributed by atoms with Crippen LogP contribution in [0.3, 0.4) is 0 Å². The fourth-order valence-electron chi connectivity index (χ4n) is 3.42. The minimum atomic E-state index is -0.0793. The van der Waals surface area contributed by atoms with E-state index in [4.69, 9.17) is 11.6 Å². The summed E-state index contributed by atoms with van der Waals surface area (Å²) in [5.74, 6) is 0.782. The maximum absolute atomic E-state index is 12.5. The summed E-state index contributed by atoms with van der Waals surface area (Å²) in [4.78, 5) is 20.5. The number of hydrogen-bond acceptors (Lipinski definition) is 5. The number of carbonyl (C=O) groups is 1. The highest BCUT2D eigenvalue weighted by molar-refractivity contribution is 6.30. The molecule has 0 radical (unpaired) electrons. The van der Waals surface area contributed by atoms with Gasteiger partial charge in [-0.05, 0) is 36.8 Å². The number of aryl methyl sites for hydroxylation is 1. The minimum absolute atomic E-state index is 0.0793. The second-order valence-corrected chi connectivity index (χ2v) is 7.61. The third-order valence-electron chi connectivity index (χ3n) is 5.10. The molecule has 1 aromatic heterocycles. The molecule has 0 bridgehead atoms. The van der Waals surface area contributed by atoms with Gasteiger partial charge in [-0.3, -0.25) is 0 Å². The first-order valence-corrected chi connectivity index (χ1v) is 10.1. The Hall–Kier alpha value is -3.26. The van der Waals surface area contributed by atoms with Gasteiger partial charge in [0.2, 0.25) is 0 Å². The van der Waals surface area contributed by atoms with Crippen LogP contribution < -0.4 is 10.2 Å². The molecule has 2 aromatic carbocycles. The second kappa shape index (κ2) is 8.62. The summed E-state index contributed by atoms with van der Waals surface area (Å²) in [6, 6.07) is 12.8. The number of nitrogens with zero attached hydrogens (tertiary/aromatic N) is 5. The van der Waals surface area contributed by atoms with Gasteiger partial charge in [0.05, 0.1) is 0 Å². The molecule has 2 heterocycles. The molecule has 2 N–H and O–H groups in total. The molecule has 156 valence electrons. The molecule has 1 aliphatic heterocycles. The first-order chi connectivity index (χ1) is 14.5. The number of aromatic nitrogens is 3. The number of aromatic hydroxyl groups is 1. The van der Waals surface area contributed by atoms with E-state index in [-0.39, 0.29) is 11.8 Å². The fraction of sp³-hybridized carbons (Fsp3) is 0.286. The van der Waals surface area contributed by atoms with Crippen molar-refractivity contribution in [2.24, 2.45) is 0 Å². The average molecular weight is 427 g/mol. The van der Waals surface area contributed by atoms with E-state index in [0.717, 1.165) is 11.3 Å². The van der Waals surface area contributed by atoms with Crippen molar-refractivity contribution in [1.29, 1.82) is 0 Å². The lowest BCUT2D eigenvalue weighted by Crippen LogP contribution is -2.51. The molecule has 1 aliphatic rings. The van der Waals surface area contributed by atoms with E-state index in [1.54, 1.807) is 28.9 Å². The van der Waals surface area contributed by atoms with Crippen LogP contribution in [-0.4, -0.2) is 57.0 Å². The summed E-state index contributed by atoms with van der Waals surface area (Å²) in [7, 11) is 0. The summed E-state index contributed by atoms with van der Waals surface area (Å²) in [6.45, 7) is 4.86. The first kappa shape index (κ1) is 20.0. The van der Waals surface area contributed by atoms with Crippen molar-refractivity contribution in [1.82, 2.24) is 25.0 Å². The molecule has 2 amide bonds. The SMILES string of the molecule is Cc1ncn(-c2ccc(N3CCN(C(=O)NCc4ccc(Cl)cc4)CC3)cc2O)n1. The number of carbonyl (C=O) groups excluding carboxylic acids is 1. The molecule has 9 heteroatoms. The van der Waals surface area contributed by atoms with Gasteiger partial charge < -0.3 is 20.2 Å². The standard InChI is InChI=1S/C21H23ClN6O2/c1-15-24-14-28(25-15)19-7-6-18(12-20(19)29)26-8-10-27(11-9-26)21(30)23-13-16-2-4-17(22)5-3-16/h2-7,12,14,29H,8-11,13H2,1H3,(H,23,30). The van der Waals surface area contributed by atoms with E-state index in [2.05, 4.69) is 20.3 Å². The number of hydrogen-bond donors (Lipinski definition) is 2. The molecule has 1 saturated heterocycles.